The number of pyridine rings is 1. The molecular weight excluding hydrogens is 458 g/mol. The highest BCUT2D eigenvalue weighted by Crippen LogP contribution is 2.34. The number of ether oxygens (including phenoxy) is 1. The van der Waals surface area contributed by atoms with Gasteiger partial charge in [0.05, 0.1) is 29.6 Å². The normalized spacial score (nSPS) is 19.3. The number of halogens is 1. The van der Waals surface area contributed by atoms with E-state index in [9.17, 15) is 15.2 Å². The maximum Gasteiger partial charge on any atom is 0.222 e. The standard InChI is InChI=1S/C23H26ClN7O3/c1-14-18-3-4-29(13-25)5-6-30(18)27-22(14)16-7-20(23-17(24)9-26-31(23)11-16)34-12-19(32)15-8-21(33)28(2)10-15/h7,9,11,15,19,32H,3-6,8,10,12H2,1-2H3. The van der Waals surface area contributed by atoms with E-state index in [2.05, 4.69) is 11.3 Å². The van der Waals surface area contributed by atoms with Crippen LogP contribution >= 0.6 is 11.6 Å². The maximum absolute atomic E-state index is 11.8. The van der Waals surface area contributed by atoms with Crippen LogP contribution in [0.5, 0.6) is 5.75 Å². The molecule has 2 unspecified atom stereocenters. The molecule has 5 rings (SSSR count). The zero-order valence-corrected chi connectivity index (χ0v) is 19.9. The van der Waals surface area contributed by atoms with Gasteiger partial charge in [-0.2, -0.15) is 15.5 Å². The molecule has 34 heavy (non-hydrogen) atoms. The quantitative estimate of drug-likeness (QED) is 0.550. The van der Waals surface area contributed by atoms with Crippen LogP contribution in [0.2, 0.25) is 5.02 Å². The van der Waals surface area contributed by atoms with E-state index in [1.807, 2.05) is 23.9 Å². The lowest BCUT2D eigenvalue weighted by molar-refractivity contribution is -0.126. The van der Waals surface area contributed by atoms with E-state index in [4.69, 9.17) is 21.4 Å². The van der Waals surface area contributed by atoms with E-state index in [0.717, 1.165) is 28.9 Å². The van der Waals surface area contributed by atoms with E-state index in [1.54, 1.807) is 27.6 Å². The molecule has 0 aromatic carbocycles. The summed E-state index contributed by atoms with van der Waals surface area (Å²) in [5, 5.41) is 29.5. The van der Waals surface area contributed by atoms with Gasteiger partial charge in [-0.3, -0.25) is 9.48 Å². The van der Waals surface area contributed by atoms with Crippen LogP contribution in [0.15, 0.2) is 18.5 Å². The van der Waals surface area contributed by atoms with Crippen molar-refractivity contribution in [2.24, 2.45) is 5.92 Å². The lowest BCUT2D eigenvalue weighted by atomic mass is 10.0. The van der Waals surface area contributed by atoms with Gasteiger partial charge in [-0.15, -0.1) is 0 Å². The van der Waals surface area contributed by atoms with Gasteiger partial charge in [0.25, 0.3) is 0 Å². The van der Waals surface area contributed by atoms with Crippen molar-refractivity contribution >= 4 is 23.0 Å². The predicted molar refractivity (Wildman–Crippen MR) is 124 cm³/mol. The molecule has 1 saturated heterocycles. The van der Waals surface area contributed by atoms with E-state index in [1.165, 1.54) is 0 Å². The summed E-state index contributed by atoms with van der Waals surface area (Å²) in [7, 11) is 1.74. The Balaban J connectivity index is 1.44. The molecule has 1 fully saturated rings. The maximum atomic E-state index is 11.8. The number of nitrogens with zero attached hydrogens (tertiary/aromatic N) is 7. The summed E-state index contributed by atoms with van der Waals surface area (Å²) in [6.07, 6.45) is 5.91. The second kappa shape index (κ2) is 8.81. The minimum absolute atomic E-state index is 0.0280. The van der Waals surface area contributed by atoms with Gasteiger partial charge in [0.1, 0.15) is 17.9 Å². The Morgan fingerprint density at radius 1 is 1.38 bits per heavy atom. The van der Waals surface area contributed by atoms with Crippen LogP contribution in [0, 0.1) is 24.3 Å². The highest BCUT2D eigenvalue weighted by molar-refractivity contribution is 6.34. The first-order chi connectivity index (χ1) is 16.4. The smallest absolute Gasteiger partial charge is 0.222 e. The summed E-state index contributed by atoms with van der Waals surface area (Å²) in [5.41, 5.74) is 4.42. The molecule has 2 aliphatic rings. The third-order valence-corrected chi connectivity index (χ3v) is 7.07. The number of rotatable bonds is 5. The molecule has 1 N–H and O–H groups in total. The third-order valence-electron chi connectivity index (χ3n) is 6.79. The lowest BCUT2D eigenvalue weighted by Gasteiger charge is -2.19. The number of fused-ring (bicyclic) bond motifs is 2. The number of carbonyl (C=O) groups is 1. The van der Waals surface area contributed by atoms with Crippen LogP contribution in [0.25, 0.3) is 16.8 Å². The molecule has 3 aromatic heterocycles. The first-order valence-corrected chi connectivity index (χ1v) is 11.7. The van der Waals surface area contributed by atoms with Gasteiger partial charge >= 0.3 is 0 Å². The van der Waals surface area contributed by atoms with Crippen molar-refractivity contribution in [3.63, 3.8) is 0 Å². The van der Waals surface area contributed by atoms with Crippen molar-refractivity contribution in [3.05, 3.63) is 34.7 Å². The number of aliphatic hydroxyl groups excluding tert-OH is 1. The predicted octanol–water partition coefficient (Wildman–Crippen LogP) is 1.72. The number of aliphatic hydroxyl groups is 1. The number of hydrogen-bond acceptors (Lipinski definition) is 7. The molecule has 0 radical (unpaired) electrons. The van der Waals surface area contributed by atoms with Crippen molar-refractivity contribution in [2.75, 3.05) is 33.3 Å². The summed E-state index contributed by atoms with van der Waals surface area (Å²) in [5.74, 6) is 0.353. The van der Waals surface area contributed by atoms with E-state index >= 15 is 0 Å². The molecule has 11 heteroatoms. The van der Waals surface area contributed by atoms with Crippen LogP contribution in [-0.4, -0.2) is 79.6 Å². The molecule has 0 aliphatic carbocycles. The molecule has 3 aromatic rings. The van der Waals surface area contributed by atoms with Gasteiger partial charge in [0.15, 0.2) is 6.19 Å². The average Bonchev–Trinajstić information content (AvgIpc) is 3.41. The zero-order chi connectivity index (χ0) is 24.0. The largest absolute Gasteiger partial charge is 0.489 e. The van der Waals surface area contributed by atoms with Crippen LogP contribution in [0.1, 0.15) is 17.7 Å². The van der Waals surface area contributed by atoms with Gasteiger partial charge in [0.2, 0.25) is 5.91 Å². The van der Waals surface area contributed by atoms with Crippen molar-refractivity contribution in [1.29, 1.82) is 5.26 Å². The van der Waals surface area contributed by atoms with E-state index in [-0.39, 0.29) is 18.4 Å². The van der Waals surface area contributed by atoms with Crippen molar-refractivity contribution in [1.82, 2.24) is 29.2 Å². The van der Waals surface area contributed by atoms with Gasteiger partial charge in [0, 0.05) is 62.9 Å². The minimum atomic E-state index is -0.784. The second-order valence-electron chi connectivity index (χ2n) is 8.98. The van der Waals surface area contributed by atoms with Crippen molar-refractivity contribution in [3.8, 4) is 23.2 Å². The number of amides is 1. The Kier molecular flexibility index (Phi) is 5.83. The van der Waals surface area contributed by atoms with E-state index in [0.29, 0.717) is 48.9 Å². The molecule has 2 aliphatic heterocycles. The monoisotopic (exact) mass is 483 g/mol. The summed E-state index contributed by atoms with van der Waals surface area (Å²) in [4.78, 5) is 15.2. The molecule has 1 amide bonds. The molecule has 0 saturated carbocycles. The third kappa shape index (κ3) is 3.95. The molecule has 2 atom stereocenters. The van der Waals surface area contributed by atoms with Gasteiger partial charge < -0.3 is 19.6 Å². The topological polar surface area (TPSA) is 112 Å². The lowest BCUT2D eigenvalue weighted by Crippen LogP contribution is -2.29. The molecule has 0 bridgehead atoms. The summed E-state index contributed by atoms with van der Waals surface area (Å²) in [6, 6.07) is 1.87. The Morgan fingerprint density at radius 2 is 2.21 bits per heavy atom. The minimum Gasteiger partial charge on any atom is -0.489 e. The summed E-state index contributed by atoms with van der Waals surface area (Å²) in [6.45, 7) is 4.52. The van der Waals surface area contributed by atoms with Gasteiger partial charge in [-0.1, -0.05) is 11.6 Å². The van der Waals surface area contributed by atoms with Crippen LogP contribution in [-0.2, 0) is 17.8 Å². The van der Waals surface area contributed by atoms with Gasteiger partial charge in [-0.25, -0.2) is 4.52 Å². The Morgan fingerprint density at radius 3 is 2.94 bits per heavy atom. The number of nitriles is 1. The highest BCUT2D eigenvalue weighted by Gasteiger charge is 2.32. The molecule has 178 valence electrons. The highest BCUT2D eigenvalue weighted by atomic mass is 35.5. The second-order valence-corrected chi connectivity index (χ2v) is 9.38. The van der Waals surface area contributed by atoms with Crippen LogP contribution < -0.4 is 4.74 Å². The van der Waals surface area contributed by atoms with Crippen molar-refractivity contribution in [2.45, 2.75) is 32.4 Å². The Bertz CT molecular complexity index is 1290. The number of likely N-dealkylation sites (tertiary alicyclic amines) is 1. The number of hydrogen-bond donors (Lipinski definition) is 1. The molecule has 0 spiro atoms. The molecule has 5 heterocycles. The number of aromatic nitrogens is 4. The Labute approximate surface area is 201 Å². The molecular formula is C23H26ClN7O3. The van der Waals surface area contributed by atoms with Crippen molar-refractivity contribution < 1.29 is 14.6 Å². The fourth-order valence-electron chi connectivity index (χ4n) is 4.79. The van der Waals surface area contributed by atoms with Crippen LogP contribution in [0.3, 0.4) is 0 Å². The van der Waals surface area contributed by atoms with Crippen LogP contribution in [0.4, 0.5) is 0 Å². The fraction of sp³-hybridized carbons (Fsp3) is 0.478. The average molecular weight is 484 g/mol. The zero-order valence-electron chi connectivity index (χ0n) is 19.1. The first kappa shape index (κ1) is 22.5. The summed E-state index contributed by atoms with van der Waals surface area (Å²) >= 11 is 6.39. The molecule has 10 nitrogen and oxygen atoms in total. The SMILES string of the molecule is Cc1c(-c2cc(OCC(O)C3CC(=O)N(C)C3)c3c(Cl)cnn3c2)nn2c1CCN(C#N)CC2. The summed E-state index contributed by atoms with van der Waals surface area (Å²) < 4.78 is 9.69. The number of carbonyl (C=O) groups excluding carboxylic acids is 1. The first-order valence-electron chi connectivity index (χ1n) is 11.3. The fourth-order valence-corrected chi connectivity index (χ4v) is 5.01. The van der Waals surface area contributed by atoms with Gasteiger partial charge in [-0.05, 0) is 18.6 Å². The van der Waals surface area contributed by atoms with E-state index < -0.39 is 6.10 Å². The Hall–Kier alpha value is -3.29.